The zero-order chi connectivity index (χ0) is 25.2. The predicted octanol–water partition coefficient (Wildman–Crippen LogP) is 10.4. The van der Waals surface area contributed by atoms with Crippen LogP contribution in [-0.2, 0) is 0 Å². The fourth-order valence-corrected chi connectivity index (χ4v) is 7.15. The predicted molar refractivity (Wildman–Crippen MR) is 164 cm³/mol. The summed E-state index contributed by atoms with van der Waals surface area (Å²) in [4.78, 5) is 5.47. The van der Waals surface area contributed by atoms with Gasteiger partial charge in [0.25, 0.3) is 0 Å². The maximum Gasteiger partial charge on any atom is 0.145 e. The number of fused-ring (bicyclic) bond motifs is 13. The largest absolute Gasteiger partial charge is 0.455 e. The van der Waals surface area contributed by atoms with E-state index in [1.807, 2.05) is 0 Å². The minimum Gasteiger partial charge on any atom is -0.455 e. The van der Waals surface area contributed by atoms with Gasteiger partial charge < -0.3 is 4.42 Å². The van der Waals surface area contributed by atoms with Crippen molar-refractivity contribution >= 4 is 86.7 Å². The van der Waals surface area contributed by atoms with Gasteiger partial charge >= 0.3 is 0 Å². The van der Waals surface area contributed by atoms with Gasteiger partial charge in [-0.05, 0) is 43.8 Å². The van der Waals surface area contributed by atoms with Crippen molar-refractivity contribution in [2.24, 2.45) is 0 Å². The van der Waals surface area contributed by atoms with Crippen LogP contribution in [0.4, 0.5) is 0 Å². The molecule has 10 rings (SSSR count). The summed E-state index contributed by atoms with van der Waals surface area (Å²) in [5, 5.41) is 16.0. The highest BCUT2D eigenvalue weighted by Crippen LogP contribution is 2.49. The van der Waals surface area contributed by atoms with Crippen molar-refractivity contribution in [2.45, 2.75) is 0 Å². The van der Waals surface area contributed by atoms with Crippen LogP contribution in [0.3, 0.4) is 0 Å². The summed E-state index contributed by atoms with van der Waals surface area (Å²) in [5.41, 5.74) is 5.00. The first-order valence-corrected chi connectivity index (χ1v) is 13.4. The summed E-state index contributed by atoms with van der Waals surface area (Å²) >= 11 is 0. The molecule has 0 atom stereocenters. The molecule has 39 heavy (non-hydrogen) atoms. The van der Waals surface area contributed by atoms with Crippen LogP contribution < -0.4 is 0 Å². The normalized spacial score (nSPS) is 12.6. The van der Waals surface area contributed by atoms with Gasteiger partial charge in [0, 0.05) is 32.5 Å². The minimum absolute atomic E-state index is 0.929. The second-order valence-electron chi connectivity index (χ2n) is 10.6. The van der Waals surface area contributed by atoms with Crippen LogP contribution >= 0.6 is 0 Å². The Balaban J connectivity index is 1.54. The van der Waals surface area contributed by atoms with Crippen LogP contribution in [0.5, 0.6) is 0 Å². The standard InChI is InChI=1S/C37H19NO/c1-2-9-21(10-3-1)34-33-32(36-25-13-4-5-14-26(25)37(33)39-36)29-19-28-24-16-7-12-20-11-6-15-22(30(20)24)23-17-8-18-27(31(23)28)35(29)38-34/h1-19H. The molecule has 2 heteroatoms. The quantitative estimate of drug-likeness (QED) is 0.168. The SMILES string of the molecule is c1ccc(-c2nc3c4cccc5c6cccc7cccc(c(cc3c3c8oc(c9ccccc98)c23)c54)c76)cc1. The first-order valence-electron chi connectivity index (χ1n) is 13.4. The molecule has 178 valence electrons. The number of hydrogen-bond acceptors (Lipinski definition) is 2. The summed E-state index contributed by atoms with van der Waals surface area (Å²) in [5.74, 6) is 0. The molecule has 3 aromatic heterocycles. The molecule has 10 aromatic rings. The number of aromatic nitrogens is 1. The average molecular weight is 494 g/mol. The first-order chi connectivity index (χ1) is 19.4. The molecule has 2 bridgehead atoms. The van der Waals surface area contributed by atoms with Crippen LogP contribution in [0.25, 0.3) is 98.0 Å². The molecule has 0 N–H and O–H groups in total. The van der Waals surface area contributed by atoms with E-state index >= 15 is 0 Å². The van der Waals surface area contributed by atoms with Crippen molar-refractivity contribution in [1.82, 2.24) is 4.98 Å². The lowest BCUT2D eigenvalue weighted by molar-refractivity contribution is 0.682. The van der Waals surface area contributed by atoms with E-state index in [1.54, 1.807) is 0 Å². The van der Waals surface area contributed by atoms with E-state index in [-0.39, 0.29) is 0 Å². The molecule has 0 aliphatic rings. The van der Waals surface area contributed by atoms with Gasteiger partial charge in [0.15, 0.2) is 0 Å². The molecule has 3 heterocycles. The zero-order valence-corrected chi connectivity index (χ0v) is 20.8. The van der Waals surface area contributed by atoms with Crippen LogP contribution in [0, 0.1) is 0 Å². The monoisotopic (exact) mass is 493 g/mol. The third-order valence-electron chi connectivity index (χ3n) is 8.72. The topological polar surface area (TPSA) is 26.0 Å². The van der Waals surface area contributed by atoms with Crippen molar-refractivity contribution in [3.63, 3.8) is 0 Å². The Kier molecular flexibility index (Phi) is 3.46. The molecule has 2 nitrogen and oxygen atoms in total. The number of pyridine rings is 1. The van der Waals surface area contributed by atoms with E-state index in [1.165, 1.54) is 53.9 Å². The maximum absolute atomic E-state index is 6.61. The fraction of sp³-hybridized carbons (Fsp3) is 0. The van der Waals surface area contributed by atoms with Gasteiger partial charge in [0.2, 0.25) is 0 Å². The van der Waals surface area contributed by atoms with Crippen molar-refractivity contribution in [2.75, 3.05) is 0 Å². The van der Waals surface area contributed by atoms with Crippen molar-refractivity contribution in [3.05, 3.63) is 115 Å². The molecular formula is C37H19NO. The molecule has 0 fully saturated rings. The smallest absolute Gasteiger partial charge is 0.145 e. The lowest BCUT2D eigenvalue weighted by Gasteiger charge is -2.17. The van der Waals surface area contributed by atoms with Crippen molar-refractivity contribution in [1.29, 1.82) is 0 Å². The minimum atomic E-state index is 0.929. The lowest BCUT2D eigenvalue weighted by atomic mass is 9.87. The van der Waals surface area contributed by atoms with Crippen molar-refractivity contribution in [3.8, 4) is 11.3 Å². The van der Waals surface area contributed by atoms with Gasteiger partial charge in [-0.15, -0.1) is 0 Å². The molecule has 0 spiro atoms. The number of hydrogen-bond donors (Lipinski definition) is 0. The second-order valence-corrected chi connectivity index (χ2v) is 10.6. The molecule has 0 saturated heterocycles. The summed E-state index contributed by atoms with van der Waals surface area (Å²) in [6, 6.07) is 41.4. The summed E-state index contributed by atoms with van der Waals surface area (Å²) in [7, 11) is 0. The van der Waals surface area contributed by atoms with Gasteiger partial charge in [0.05, 0.1) is 16.6 Å². The average Bonchev–Trinajstić information content (AvgIpc) is 3.58. The third kappa shape index (κ3) is 2.32. The van der Waals surface area contributed by atoms with E-state index in [9.17, 15) is 0 Å². The Labute approximate surface area is 222 Å². The highest BCUT2D eigenvalue weighted by Gasteiger charge is 2.25. The molecular weight excluding hydrogens is 474 g/mol. The van der Waals surface area contributed by atoms with E-state index in [4.69, 9.17) is 9.40 Å². The Hall–Kier alpha value is -5.21. The van der Waals surface area contributed by atoms with Gasteiger partial charge in [-0.1, -0.05) is 109 Å². The molecule has 0 amide bonds. The molecule has 0 saturated carbocycles. The van der Waals surface area contributed by atoms with Crippen LogP contribution in [-0.4, -0.2) is 4.98 Å². The molecule has 7 aromatic carbocycles. The van der Waals surface area contributed by atoms with Crippen LogP contribution in [0.2, 0.25) is 0 Å². The summed E-state index contributed by atoms with van der Waals surface area (Å²) in [6.07, 6.45) is 0. The van der Waals surface area contributed by atoms with Crippen molar-refractivity contribution < 1.29 is 4.42 Å². The second kappa shape index (κ2) is 6.80. The number of benzene rings is 8. The summed E-state index contributed by atoms with van der Waals surface area (Å²) in [6.45, 7) is 0. The lowest BCUT2D eigenvalue weighted by Crippen LogP contribution is -1.93. The van der Waals surface area contributed by atoms with E-state index in [0.29, 0.717) is 0 Å². The zero-order valence-electron chi connectivity index (χ0n) is 20.8. The maximum atomic E-state index is 6.61. The van der Waals surface area contributed by atoms with Gasteiger partial charge in [0.1, 0.15) is 11.2 Å². The van der Waals surface area contributed by atoms with Gasteiger partial charge in [-0.25, -0.2) is 4.98 Å². The van der Waals surface area contributed by atoms with E-state index < -0.39 is 0 Å². The Morgan fingerprint density at radius 1 is 0.410 bits per heavy atom. The molecule has 0 aliphatic heterocycles. The highest BCUT2D eigenvalue weighted by atomic mass is 16.3. The third-order valence-corrected chi connectivity index (χ3v) is 8.72. The van der Waals surface area contributed by atoms with Gasteiger partial charge in [-0.2, -0.15) is 0 Å². The molecule has 0 radical (unpaired) electrons. The number of furan rings is 2. The first kappa shape index (κ1) is 19.8. The summed E-state index contributed by atoms with van der Waals surface area (Å²) < 4.78 is 6.61. The van der Waals surface area contributed by atoms with E-state index in [2.05, 4.69) is 115 Å². The Morgan fingerprint density at radius 2 is 1.00 bits per heavy atom. The number of nitrogens with zero attached hydrogens (tertiary/aromatic N) is 1. The Morgan fingerprint density at radius 3 is 1.77 bits per heavy atom. The highest BCUT2D eigenvalue weighted by molar-refractivity contribution is 6.40. The molecule has 0 aliphatic carbocycles. The van der Waals surface area contributed by atoms with Gasteiger partial charge in [-0.3, -0.25) is 0 Å². The van der Waals surface area contributed by atoms with Crippen LogP contribution in [0.15, 0.2) is 120 Å². The number of rotatable bonds is 1. The Bertz CT molecular complexity index is 2590. The van der Waals surface area contributed by atoms with E-state index in [0.717, 1.165) is 44.1 Å². The fourth-order valence-electron chi connectivity index (χ4n) is 7.15. The molecule has 0 unspecified atom stereocenters. The van der Waals surface area contributed by atoms with Crippen LogP contribution in [0.1, 0.15) is 0 Å².